The number of amides is 1. The number of rotatable bonds is 5. The highest BCUT2D eigenvalue weighted by molar-refractivity contribution is 6.30. The summed E-state index contributed by atoms with van der Waals surface area (Å²) >= 11 is 5.98. The third-order valence-corrected chi connectivity index (χ3v) is 5.56. The fourth-order valence-corrected chi connectivity index (χ4v) is 4.05. The molecule has 5 rings (SSSR count). The van der Waals surface area contributed by atoms with Crippen molar-refractivity contribution >= 4 is 34.3 Å². The Balaban J connectivity index is 1.76. The van der Waals surface area contributed by atoms with Gasteiger partial charge in [-0.15, -0.1) is 0 Å². The van der Waals surface area contributed by atoms with Crippen LogP contribution in [0, 0.1) is 5.82 Å². The predicted molar refractivity (Wildman–Crippen MR) is 122 cm³/mol. The number of nitrogens with zero attached hydrogens (tertiary/aromatic N) is 2. The van der Waals surface area contributed by atoms with Gasteiger partial charge >= 0.3 is 0 Å². The fourth-order valence-electron chi connectivity index (χ4n) is 3.94. The monoisotopic (exact) mass is 462 g/mol. The smallest absolute Gasteiger partial charge is 0.296 e. The summed E-state index contributed by atoms with van der Waals surface area (Å²) in [6, 6.07) is 13.0. The van der Waals surface area contributed by atoms with Crippen molar-refractivity contribution in [2.75, 3.05) is 11.5 Å². The van der Waals surface area contributed by atoms with Crippen LogP contribution in [0.15, 0.2) is 82.7 Å². The number of aromatic nitrogens is 1. The van der Waals surface area contributed by atoms with Crippen molar-refractivity contribution in [2.24, 2.45) is 0 Å². The van der Waals surface area contributed by atoms with E-state index in [9.17, 15) is 14.0 Å². The maximum Gasteiger partial charge on any atom is 0.296 e. The minimum atomic E-state index is -0.864. The summed E-state index contributed by atoms with van der Waals surface area (Å²) in [5.74, 6) is -0.406. The van der Waals surface area contributed by atoms with Gasteiger partial charge in [0.1, 0.15) is 29.6 Å². The van der Waals surface area contributed by atoms with E-state index >= 15 is 0 Å². The van der Waals surface area contributed by atoms with E-state index in [2.05, 4.69) is 11.6 Å². The van der Waals surface area contributed by atoms with Crippen LogP contribution >= 0.6 is 11.6 Å². The number of ether oxygens (including phenoxy) is 1. The van der Waals surface area contributed by atoms with Crippen molar-refractivity contribution in [2.45, 2.75) is 6.04 Å². The molecule has 164 valence electrons. The van der Waals surface area contributed by atoms with Gasteiger partial charge in [-0.25, -0.2) is 9.37 Å². The van der Waals surface area contributed by atoms with E-state index in [1.807, 2.05) is 0 Å². The number of halogens is 2. The molecular formula is C25H16ClFN2O4. The molecule has 6 nitrogen and oxygen atoms in total. The van der Waals surface area contributed by atoms with Crippen molar-refractivity contribution in [3.05, 3.63) is 111 Å². The van der Waals surface area contributed by atoms with Crippen LogP contribution in [0.2, 0.25) is 5.02 Å². The highest BCUT2D eigenvalue weighted by Crippen LogP contribution is 2.41. The normalized spacial score (nSPS) is 15.0. The molecule has 1 aliphatic heterocycles. The van der Waals surface area contributed by atoms with E-state index in [1.165, 1.54) is 23.2 Å². The number of benzene rings is 2. The number of pyridine rings is 1. The molecule has 1 aliphatic rings. The van der Waals surface area contributed by atoms with Gasteiger partial charge in [-0.2, -0.15) is 0 Å². The Labute approximate surface area is 192 Å². The first-order valence-electron chi connectivity index (χ1n) is 10.0. The number of fused-ring (bicyclic) bond motifs is 2. The van der Waals surface area contributed by atoms with E-state index in [-0.39, 0.29) is 34.7 Å². The average molecular weight is 463 g/mol. The van der Waals surface area contributed by atoms with Crippen LogP contribution in [0.1, 0.15) is 27.7 Å². The fraction of sp³-hybridized carbons (Fsp3) is 0.0800. The third kappa shape index (κ3) is 3.56. The maximum absolute atomic E-state index is 13.9. The van der Waals surface area contributed by atoms with Crippen molar-refractivity contribution in [3.63, 3.8) is 0 Å². The Morgan fingerprint density at radius 2 is 2.03 bits per heavy atom. The SMILES string of the molecule is C=CCOc1cccc(C2c3c(oc4ccc(F)cc4c3=O)C(=O)N2c2ccc(Cl)cn2)c1. The zero-order chi connectivity index (χ0) is 23.1. The van der Waals surface area contributed by atoms with Gasteiger partial charge in [-0.1, -0.05) is 36.4 Å². The highest BCUT2D eigenvalue weighted by Gasteiger charge is 2.44. The lowest BCUT2D eigenvalue weighted by Crippen LogP contribution is -2.30. The zero-order valence-electron chi connectivity index (χ0n) is 17.1. The Hall–Kier alpha value is -3.97. The lowest BCUT2D eigenvalue weighted by atomic mass is 9.98. The Kier molecular flexibility index (Phi) is 5.18. The van der Waals surface area contributed by atoms with Crippen LogP contribution < -0.4 is 15.1 Å². The maximum atomic E-state index is 13.9. The summed E-state index contributed by atoms with van der Waals surface area (Å²) in [7, 11) is 0. The van der Waals surface area contributed by atoms with Crippen LogP contribution in [0.4, 0.5) is 10.2 Å². The molecule has 0 aliphatic carbocycles. The first-order valence-corrected chi connectivity index (χ1v) is 10.4. The summed E-state index contributed by atoms with van der Waals surface area (Å²) in [6.45, 7) is 3.93. The molecule has 8 heteroatoms. The minimum absolute atomic E-state index is 0.0523. The van der Waals surface area contributed by atoms with Gasteiger partial charge in [-0.05, 0) is 48.0 Å². The van der Waals surface area contributed by atoms with E-state index in [0.717, 1.165) is 6.07 Å². The molecule has 2 aromatic carbocycles. The molecule has 1 amide bonds. The standard InChI is InChI=1S/C25H16ClFN2O4/c1-2-10-32-17-5-3-4-14(11-17)22-21-23(30)18-12-16(27)7-8-19(18)33-24(21)25(31)29(22)20-9-6-15(26)13-28-20/h2-9,11-13,22H,1,10H2. The van der Waals surface area contributed by atoms with Gasteiger partial charge in [-0.3, -0.25) is 14.5 Å². The first kappa shape index (κ1) is 20.9. The first-order chi connectivity index (χ1) is 16.0. The van der Waals surface area contributed by atoms with Crippen molar-refractivity contribution < 1.29 is 18.3 Å². The molecule has 3 heterocycles. The zero-order valence-corrected chi connectivity index (χ0v) is 17.9. The van der Waals surface area contributed by atoms with Gasteiger partial charge in [0.25, 0.3) is 5.91 Å². The van der Waals surface area contributed by atoms with Gasteiger partial charge < -0.3 is 9.15 Å². The van der Waals surface area contributed by atoms with Crippen LogP contribution in [-0.4, -0.2) is 17.5 Å². The van der Waals surface area contributed by atoms with E-state index in [1.54, 1.807) is 42.5 Å². The Morgan fingerprint density at radius 1 is 1.18 bits per heavy atom. The summed E-state index contributed by atoms with van der Waals surface area (Å²) < 4.78 is 25.4. The molecule has 4 aromatic rings. The van der Waals surface area contributed by atoms with E-state index in [0.29, 0.717) is 16.3 Å². The third-order valence-electron chi connectivity index (χ3n) is 5.33. The lowest BCUT2D eigenvalue weighted by Gasteiger charge is -2.24. The van der Waals surface area contributed by atoms with Crippen LogP contribution in [0.3, 0.4) is 0 Å². The van der Waals surface area contributed by atoms with Gasteiger partial charge in [0.05, 0.1) is 22.0 Å². The Morgan fingerprint density at radius 3 is 2.79 bits per heavy atom. The number of hydrogen-bond acceptors (Lipinski definition) is 5. The molecule has 33 heavy (non-hydrogen) atoms. The topological polar surface area (TPSA) is 72.6 Å². The minimum Gasteiger partial charge on any atom is -0.490 e. The van der Waals surface area contributed by atoms with Gasteiger partial charge in [0.2, 0.25) is 5.76 Å². The molecule has 0 saturated carbocycles. The number of carbonyl (C=O) groups excluding carboxylic acids is 1. The van der Waals surface area contributed by atoms with Crippen LogP contribution in [0.5, 0.6) is 5.75 Å². The summed E-state index contributed by atoms with van der Waals surface area (Å²) in [5.41, 5.74) is 0.346. The van der Waals surface area contributed by atoms with Crippen LogP contribution in [-0.2, 0) is 0 Å². The number of carbonyl (C=O) groups is 1. The number of hydrogen-bond donors (Lipinski definition) is 0. The molecule has 1 atom stereocenters. The number of anilines is 1. The molecular weight excluding hydrogens is 447 g/mol. The second-order valence-electron chi connectivity index (χ2n) is 7.40. The van der Waals surface area contributed by atoms with Crippen LogP contribution in [0.25, 0.3) is 11.0 Å². The van der Waals surface area contributed by atoms with Crippen molar-refractivity contribution in [3.8, 4) is 5.75 Å². The molecule has 0 saturated heterocycles. The van der Waals surface area contributed by atoms with Gasteiger partial charge in [0.15, 0.2) is 5.43 Å². The second-order valence-corrected chi connectivity index (χ2v) is 7.84. The summed E-state index contributed by atoms with van der Waals surface area (Å²) in [4.78, 5) is 32.6. The average Bonchev–Trinajstić information content (AvgIpc) is 3.11. The molecule has 0 spiro atoms. The lowest BCUT2D eigenvalue weighted by molar-refractivity contribution is 0.0970. The second kappa shape index (κ2) is 8.18. The quantitative estimate of drug-likeness (QED) is 0.376. The molecule has 0 radical (unpaired) electrons. The highest BCUT2D eigenvalue weighted by atomic mass is 35.5. The summed E-state index contributed by atoms with van der Waals surface area (Å²) in [5, 5.41) is 0.450. The van der Waals surface area contributed by atoms with E-state index < -0.39 is 23.2 Å². The molecule has 0 fully saturated rings. The molecule has 0 N–H and O–H groups in total. The predicted octanol–water partition coefficient (Wildman–Crippen LogP) is 5.30. The largest absolute Gasteiger partial charge is 0.490 e. The molecule has 0 bridgehead atoms. The molecule has 1 unspecified atom stereocenters. The molecule has 2 aromatic heterocycles. The van der Waals surface area contributed by atoms with Crippen molar-refractivity contribution in [1.82, 2.24) is 4.98 Å². The van der Waals surface area contributed by atoms with E-state index in [4.69, 9.17) is 20.8 Å². The van der Waals surface area contributed by atoms with Gasteiger partial charge in [0, 0.05) is 6.20 Å². The summed E-state index contributed by atoms with van der Waals surface area (Å²) in [6.07, 6.45) is 3.02. The van der Waals surface area contributed by atoms with Crippen molar-refractivity contribution in [1.29, 1.82) is 0 Å². The Bertz CT molecular complexity index is 1470.